The molecule has 0 amide bonds. The second-order valence-electron chi connectivity index (χ2n) is 7.73. The van der Waals surface area contributed by atoms with E-state index in [9.17, 15) is 10.1 Å². The third-order valence-corrected chi connectivity index (χ3v) is 6.11. The van der Waals surface area contributed by atoms with Crippen LogP contribution in [0.15, 0.2) is 78.4 Å². The molecule has 4 aromatic rings. The van der Waals surface area contributed by atoms with Crippen LogP contribution in [0.1, 0.15) is 29.2 Å². The molecule has 1 aliphatic heterocycles. The summed E-state index contributed by atoms with van der Waals surface area (Å²) in [6, 6.07) is 23.5. The van der Waals surface area contributed by atoms with Gasteiger partial charge in [-0.3, -0.25) is 14.7 Å². The zero-order chi connectivity index (χ0) is 20.2. The Hall–Kier alpha value is -3.93. The number of nitro benzene ring substituents is 1. The van der Waals surface area contributed by atoms with Crippen molar-refractivity contribution in [3.8, 4) is 0 Å². The SMILES string of the molecule is O=[N+]([O-])c1ccc(C2C3=C(Nc4nc5ccccc5n42)c2ccccc2CC3)cc1. The predicted octanol–water partition coefficient (Wildman–Crippen LogP) is 5.32. The van der Waals surface area contributed by atoms with Crippen LogP contribution in [0.4, 0.5) is 11.6 Å². The van der Waals surface area contributed by atoms with Crippen molar-refractivity contribution in [3.05, 3.63) is 105 Å². The molecule has 0 saturated carbocycles. The van der Waals surface area contributed by atoms with Crippen molar-refractivity contribution in [2.75, 3.05) is 5.32 Å². The Morgan fingerprint density at radius 1 is 0.967 bits per heavy atom. The highest BCUT2D eigenvalue weighted by Gasteiger charge is 2.34. The molecule has 1 N–H and O–H groups in total. The van der Waals surface area contributed by atoms with Gasteiger partial charge in [0.2, 0.25) is 5.95 Å². The van der Waals surface area contributed by atoms with Gasteiger partial charge in [0.05, 0.1) is 27.7 Å². The number of non-ortho nitro benzene ring substituents is 1. The van der Waals surface area contributed by atoms with Crippen LogP contribution in [-0.2, 0) is 6.42 Å². The van der Waals surface area contributed by atoms with Gasteiger partial charge in [-0.25, -0.2) is 4.98 Å². The standard InChI is InChI=1S/C24H18N4O2/c29-28(30)17-12-9-16(10-13-17)23-19-14-11-15-5-1-2-6-18(15)22(19)26-24-25-20-7-3-4-8-21(20)27(23)24/h1-10,12-13,23H,11,14H2,(H,25,26). The van der Waals surface area contributed by atoms with E-state index in [4.69, 9.17) is 4.98 Å². The van der Waals surface area contributed by atoms with E-state index in [0.29, 0.717) is 0 Å². The lowest BCUT2D eigenvalue weighted by Gasteiger charge is -2.35. The maximum absolute atomic E-state index is 11.2. The molecule has 0 fully saturated rings. The zero-order valence-electron chi connectivity index (χ0n) is 16.1. The van der Waals surface area contributed by atoms with Gasteiger partial charge in [-0.2, -0.15) is 0 Å². The Morgan fingerprint density at radius 3 is 2.57 bits per heavy atom. The third kappa shape index (κ3) is 2.40. The number of nitrogens with zero attached hydrogens (tertiary/aromatic N) is 3. The first kappa shape index (κ1) is 17.0. The van der Waals surface area contributed by atoms with Crippen LogP contribution in [0.5, 0.6) is 0 Å². The van der Waals surface area contributed by atoms with E-state index in [0.717, 1.165) is 41.1 Å². The van der Waals surface area contributed by atoms with Crippen molar-refractivity contribution in [2.45, 2.75) is 18.9 Å². The molecule has 6 rings (SSSR count). The van der Waals surface area contributed by atoms with E-state index >= 15 is 0 Å². The highest BCUT2D eigenvalue weighted by molar-refractivity contribution is 5.88. The number of benzene rings is 3. The second-order valence-corrected chi connectivity index (χ2v) is 7.73. The van der Waals surface area contributed by atoms with Crippen molar-refractivity contribution in [2.24, 2.45) is 0 Å². The number of aromatic nitrogens is 2. The van der Waals surface area contributed by atoms with Crippen LogP contribution >= 0.6 is 0 Å². The molecule has 6 heteroatoms. The van der Waals surface area contributed by atoms with Crippen molar-refractivity contribution in [1.82, 2.24) is 9.55 Å². The Morgan fingerprint density at radius 2 is 1.73 bits per heavy atom. The topological polar surface area (TPSA) is 73.0 Å². The van der Waals surface area contributed by atoms with Crippen LogP contribution < -0.4 is 5.32 Å². The number of para-hydroxylation sites is 2. The number of hydrogen-bond donors (Lipinski definition) is 1. The molecular formula is C24H18N4O2. The number of anilines is 1. The molecule has 30 heavy (non-hydrogen) atoms. The van der Waals surface area contributed by atoms with Crippen LogP contribution in [0, 0.1) is 10.1 Å². The zero-order valence-corrected chi connectivity index (χ0v) is 16.1. The molecule has 0 saturated heterocycles. The summed E-state index contributed by atoms with van der Waals surface area (Å²) in [5.41, 5.74) is 8.06. The number of fused-ring (bicyclic) bond motifs is 5. The van der Waals surface area contributed by atoms with Crippen LogP contribution in [0.25, 0.3) is 16.7 Å². The number of rotatable bonds is 2. The van der Waals surface area contributed by atoms with Crippen molar-refractivity contribution in [3.63, 3.8) is 0 Å². The predicted molar refractivity (Wildman–Crippen MR) is 116 cm³/mol. The summed E-state index contributed by atoms with van der Waals surface area (Å²) < 4.78 is 2.23. The van der Waals surface area contributed by atoms with Gasteiger partial charge in [0.25, 0.3) is 5.69 Å². The summed E-state index contributed by atoms with van der Waals surface area (Å²) in [4.78, 5) is 15.6. The number of imidazole rings is 1. The van der Waals surface area contributed by atoms with Crippen LogP contribution in [0.2, 0.25) is 0 Å². The quantitative estimate of drug-likeness (QED) is 0.369. The lowest BCUT2D eigenvalue weighted by atomic mass is 9.82. The van der Waals surface area contributed by atoms with Crippen molar-refractivity contribution >= 4 is 28.4 Å². The summed E-state index contributed by atoms with van der Waals surface area (Å²) in [5.74, 6) is 0.801. The molecule has 1 aliphatic carbocycles. The monoisotopic (exact) mass is 394 g/mol. The molecule has 2 aliphatic rings. The van der Waals surface area contributed by atoms with Gasteiger partial charge in [0, 0.05) is 17.7 Å². The number of allylic oxidation sites excluding steroid dienone is 1. The fraction of sp³-hybridized carbons (Fsp3) is 0.125. The van der Waals surface area contributed by atoms with Crippen molar-refractivity contribution in [1.29, 1.82) is 0 Å². The highest BCUT2D eigenvalue weighted by atomic mass is 16.6. The lowest BCUT2D eigenvalue weighted by molar-refractivity contribution is -0.384. The smallest absolute Gasteiger partial charge is 0.269 e. The Labute approximate surface area is 172 Å². The number of aryl methyl sites for hydroxylation is 1. The summed E-state index contributed by atoms with van der Waals surface area (Å²) in [5, 5.41) is 14.8. The molecule has 0 spiro atoms. The Kier molecular flexibility index (Phi) is 3.56. The first-order chi connectivity index (χ1) is 14.7. The molecule has 146 valence electrons. The minimum atomic E-state index is -0.355. The molecular weight excluding hydrogens is 376 g/mol. The minimum Gasteiger partial charge on any atom is -0.325 e. The van der Waals surface area contributed by atoms with Crippen LogP contribution in [-0.4, -0.2) is 14.5 Å². The van der Waals surface area contributed by atoms with Gasteiger partial charge in [-0.15, -0.1) is 0 Å². The van der Waals surface area contributed by atoms with E-state index < -0.39 is 0 Å². The first-order valence-corrected chi connectivity index (χ1v) is 10.0. The van der Waals surface area contributed by atoms with Crippen LogP contribution in [0.3, 0.4) is 0 Å². The van der Waals surface area contributed by atoms with E-state index in [1.807, 2.05) is 30.3 Å². The maximum Gasteiger partial charge on any atom is 0.269 e. The lowest BCUT2D eigenvalue weighted by Crippen LogP contribution is -2.26. The fourth-order valence-electron chi connectivity index (χ4n) is 4.76. The molecule has 1 unspecified atom stereocenters. The van der Waals surface area contributed by atoms with E-state index in [1.165, 1.54) is 16.7 Å². The Bertz CT molecular complexity index is 1350. The summed E-state index contributed by atoms with van der Waals surface area (Å²) in [6.07, 6.45) is 1.90. The van der Waals surface area contributed by atoms with E-state index in [2.05, 4.69) is 40.2 Å². The molecule has 1 atom stereocenters. The summed E-state index contributed by atoms with van der Waals surface area (Å²) in [6.45, 7) is 0. The second kappa shape index (κ2) is 6.29. The molecule has 0 bridgehead atoms. The van der Waals surface area contributed by atoms with Gasteiger partial charge in [-0.05, 0) is 53.8 Å². The summed E-state index contributed by atoms with van der Waals surface area (Å²) in [7, 11) is 0. The normalized spacial score (nSPS) is 17.1. The van der Waals surface area contributed by atoms with Gasteiger partial charge in [-0.1, -0.05) is 36.4 Å². The van der Waals surface area contributed by atoms with Gasteiger partial charge in [0.1, 0.15) is 0 Å². The average molecular weight is 394 g/mol. The van der Waals surface area contributed by atoms with Gasteiger partial charge in [0.15, 0.2) is 0 Å². The van der Waals surface area contributed by atoms with E-state index in [1.54, 1.807) is 12.1 Å². The van der Waals surface area contributed by atoms with E-state index in [-0.39, 0.29) is 16.7 Å². The first-order valence-electron chi connectivity index (χ1n) is 10.0. The molecule has 6 nitrogen and oxygen atoms in total. The van der Waals surface area contributed by atoms with Crippen molar-refractivity contribution < 1.29 is 4.92 Å². The molecule has 3 aromatic carbocycles. The van der Waals surface area contributed by atoms with Gasteiger partial charge < -0.3 is 5.32 Å². The minimum absolute atomic E-state index is 0.0576. The average Bonchev–Trinajstić information content (AvgIpc) is 3.15. The largest absolute Gasteiger partial charge is 0.325 e. The number of nitro groups is 1. The third-order valence-electron chi connectivity index (χ3n) is 6.11. The summed E-state index contributed by atoms with van der Waals surface area (Å²) >= 11 is 0. The fourth-order valence-corrected chi connectivity index (χ4v) is 4.76. The highest BCUT2D eigenvalue weighted by Crippen LogP contribution is 2.46. The number of nitrogens with one attached hydrogen (secondary N) is 1. The number of hydrogen-bond acceptors (Lipinski definition) is 4. The molecule has 0 radical (unpaired) electrons. The molecule has 1 aromatic heterocycles. The Balaban J connectivity index is 1.61. The van der Waals surface area contributed by atoms with Gasteiger partial charge >= 0.3 is 0 Å². The maximum atomic E-state index is 11.2. The molecule has 2 heterocycles.